The third-order valence-electron chi connectivity index (χ3n) is 2.67. The van der Waals surface area contributed by atoms with Gasteiger partial charge in [-0.25, -0.2) is 4.98 Å². The highest BCUT2D eigenvalue weighted by atomic mass is 79.9. The van der Waals surface area contributed by atoms with Crippen molar-refractivity contribution in [3.05, 3.63) is 28.5 Å². The Hall–Kier alpha value is -0.410. The Morgan fingerprint density at radius 2 is 2.31 bits per heavy atom. The quantitative estimate of drug-likeness (QED) is 0.767. The minimum atomic E-state index is -0.180. The van der Waals surface area contributed by atoms with Gasteiger partial charge in [0.2, 0.25) is 0 Å². The SMILES string of the molecule is O[C@@H]1CCC[C@H]1c1cccnc1Br. The van der Waals surface area contributed by atoms with Gasteiger partial charge < -0.3 is 5.11 Å². The smallest absolute Gasteiger partial charge is 0.109 e. The molecule has 1 aromatic heterocycles. The Labute approximate surface area is 86.1 Å². The van der Waals surface area contributed by atoms with E-state index in [1.54, 1.807) is 6.20 Å². The van der Waals surface area contributed by atoms with Crippen LogP contribution in [0.2, 0.25) is 0 Å². The predicted octanol–water partition coefficient (Wildman–Crippen LogP) is 2.47. The average molecular weight is 242 g/mol. The average Bonchev–Trinajstić information content (AvgIpc) is 2.52. The summed E-state index contributed by atoms with van der Waals surface area (Å²) in [5, 5.41) is 9.72. The number of rotatable bonds is 1. The van der Waals surface area contributed by atoms with Gasteiger partial charge in [0.1, 0.15) is 4.60 Å². The summed E-state index contributed by atoms with van der Waals surface area (Å²) >= 11 is 3.41. The van der Waals surface area contributed by atoms with Gasteiger partial charge in [-0.1, -0.05) is 12.5 Å². The molecule has 1 fully saturated rings. The normalized spacial score (nSPS) is 27.8. The number of aromatic nitrogens is 1. The lowest BCUT2D eigenvalue weighted by atomic mass is 9.98. The Balaban J connectivity index is 2.29. The van der Waals surface area contributed by atoms with Crippen molar-refractivity contribution in [1.29, 1.82) is 0 Å². The van der Waals surface area contributed by atoms with Crippen LogP contribution in [0.25, 0.3) is 0 Å². The van der Waals surface area contributed by atoms with Crippen LogP contribution in [-0.4, -0.2) is 16.2 Å². The van der Waals surface area contributed by atoms with Crippen LogP contribution in [0.5, 0.6) is 0 Å². The highest BCUT2D eigenvalue weighted by Crippen LogP contribution is 2.36. The van der Waals surface area contributed by atoms with Gasteiger partial charge in [-0.3, -0.25) is 0 Å². The maximum atomic E-state index is 9.72. The van der Waals surface area contributed by atoms with E-state index in [9.17, 15) is 5.11 Å². The molecule has 13 heavy (non-hydrogen) atoms. The number of hydrogen-bond donors (Lipinski definition) is 1. The summed E-state index contributed by atoms with van der Waals surface area (Å²) in [5.74, 6) is 0.281. The lowest BCUT2D eigenvalue weighted by Gasteiger charge is -2.15. The molecule has 1 heterocycles. The first kappa shape index (κ1) is 9.16. The van der Waals surface area contributed by atoms with Crippen molar-refractivity contribution in [2.75, 3.05) is 0 Å². The van der Waals surface area contributed by atoms with Crippen LogP contribution in [0.15, 0.2) is 22.9 Å². The van der Waals surface area contributed by atoms with Gasteiger partial charge in [-0.2, -0.15) is 0 Å². The van der Waals surface area contributed by atoms with Crippen LogP contribution in [0.3, 0.4) is 0 Å². The highest BCUT2D eigenvalue weighted by Gasteiger charge is 2.28. The standard InChI is InChI=1S/C10H12BrNO/c11-10-8(4-2-6-12-10)7-3-1-5-9(7)13/h2,4,6-7,9,13H,1,3,5H2/t7-,9+/m0/s1. The van der Waals surface area contributed by atoms with Crippen molar-refractivity contribution >= 4 is 15.9 Å². The van der Waals surface area contributed by atoms with Crippen molar-refractivity contribution in [3.63, 3.8) is 0 Å². The second-order valence-electron chi connectivity index (χ2n) is 3.49. The third kappa shape index (κ3) is 1.76. The first-order chi connectivity index (χ1) is 6.29. The van der Waals surface area contributed by atoms with Crippen molar-refractivity contribution in [1.82, 2.24) is 4.98 Å². The van der Waals surface area contributed by atoms with E-state index >= 15 is 0 Å². The zero-order chi connectivity index (χ0) is 9.26. The molecule has 0 bridgehead atoms. The molecule has 0 spiro atoms. The molecule has 0 aromatic carbocycles. The summed E-state index contributed by atoms with van der Waals surface area (Å²) < 4.78 is 0.876. The van der Waals surface area contributed by atoms with Gasteiger partial charge in [-0.05, 0) is 40.4 Å². The van der Waals surface area contributed by atoms with Gasteiger partial charge >= 0.3 is 0 Å². The molecule has 0 radical (unpaired) electrons. The van der Waals surface area contributed by atoms with Crippen molar-refractivity contribution < 1.29 is 5.11 Å². The van der Waals surface area contributed by atoms with Crippen LogP contribution in [0.4, 0.5) is 0 Å². The van der Waals surface area contributed by atoms with Crippen molar-refractivity contribution in [3.8, 4) is 0 Å². The molecule has 1 saturated carbocycles. The predicted molar refractivity (Wildman–Crippen MR) is 54.5 cm³/mol. The Morgan fingerprint density at radius 1 is 1.46 bits per heavy atom. The summed E-state index contributed by atoms with van der Waals surface area (Å²) in [6.07, 6.45) is 4.69. The summed E-state index contributed by atoms with van der Waals surface area (Å²) in [6, 6.07) is 3.96. The van der Waals surface area contributed by atoms with E-state index in [4.69, 9.17) is 0 Å². The maximum Gasteiger partial charge on any atom is 0.109 e. The molecule has 1 aliphatic carbocycles. The second-order valence-corrected chi connectivity index (χ2v) is 4.24. The fourth-order valence-corrected chi connectivity index (χ4v) is 2.52. The molecule has 2 atom stereocenters. The van der Waals surface area contributed by atoms with Crippen LogP contribution in [0.1, 0.15) is 30.7 Å². The molecular formula is C10H12BrNO. The second kappa shape index (κ2) is 3.76. The van der Waals surface area contributed by atoms with Crippen molar-refractivity contribution in [2.45, 2.75) is 31.3 Å². The molecule has 0 aliphatic heterocycles. The minimum Gasteiger partial charge on any atom is -0.392 e. The summed E-state index contributed by atoms with van der Waals surface area (Å²) in [6.45, 7) is 0. The largest absolute Gasteiger partial charge is 0.392 e. The van der Waals surface area contributed by atoms with Gasteiger partial charge in [0.15, 0.2) is 0 Å². The van der Waals surface area contributed by atoms with Crippen LogP contribution in [-0.2, 0) is 0 Å². The topological polar surface area (TPSA) is 33.1 Å². The first-order valence-corrected chi connectivity index (χ1v) is 5.37. The molecule has 0 saturated heterocycles. The molecule has 2 nitrogen and oxygen atoms in total. The zero-order valence-electron chi connectivity index (χ0n) is 7.28. The lowest BCUT2D eigenvalue weighted by Crippen LogP contribution is -2.11. The number of pyridine rings is 1. The van der Waals surface area contributed by atoms with Crippen LogP contribution >= 0.6 is 15.9 Å². The van der Waals surface area contributed by atoms with Gasteiger partial charge in [0, 0.05) is 12.1 Å². The lowest BCUT2D eigenvalue weighted by molar-refractivity contribution is 0.163. The fraction of sp³-hybridized carbons (Fsp3) is 0.500. The highest BCUT2D eigenvalue weighted by molar-refractivity contribution is 9.10. The number of halogens is 1. The van der Waals surface area contributed by atoms with Gasteiger partial charge in [0.05, 0.1) is 6.10 Å². The van der Waals surface area contributed by atoms with Gasteiger partial charge in [-0.15, -0.1) is 0 Å². The number of aliphatic hydroxyl groups is 1. The van der Waals surface area contributed by atoms with E-state index in [1.807, 2.05) is 12.1 Å². The number of nitrogens with zero attached hydrogens (tertiary/aromatic N) is 1. The molecule has 1 aromatic rings. The third-order valence-corrected chi connectivity index (χ3v) is 3.33. The van der Waals surface area contributed by atoms with E-state index in [1.165, 1.54) is 0 Å². The Bertz CT molecular complexity index is 303. The van der Waals surface area contributed by atoms with Crippen LogP contribution in [0, 0.1) is 0 Å². The Morgan fingerprint density at radius 3 is 2.92 bits per heavy atom. The van der Waals surface area contributed by atoms with Crippen molar-refractivity contribution in [2.24, 2.45) is 0 Å². The molecule has 1 aliphatic rings. The van der Waals surface area contributed by atoms with E-state index in [2.05, 4.69) is 20.9 Å². The number of aliphatic hydroxyl groups excluding tert-OH is 1. The summed E-state index contributed by atoms with van der Waals surface area (Å²) in [4.78, 5) is 4.16. The molecule has 3 heteroatoms. The molecule has 1 N–H and O–H groups in total. The fourth-order valence-electron chi connectivity index (χ4n) is 1.98. The maximum absolute atomic E-state index is 9.72. The first-order valence-electron chi connectivity index (χ1n) is 4.57. The van der Waals surface area contributed by atoms with E-state index in [-0.39, 0.29) is 12.0 Å². The monoisotopic (exact) mass is 241 g/mol. The molecule has 0 unspecified atom stereocenters. The zero-order valence-corrected chi connectivity index (χ0v) is 8.87. The molecule has 0 amide bonds. The Kier molecular flexibility index (Phi) is 2.65. The molecule has 2 rings (SSSR count). The molecule has 70 valence electrons. The summed E-state index contributed by atoms with van der Waals surface area (Å²) in [5.41, 5.74) is 1.15. The van der Waals surface area contributed by atoms with E-state index < -0.39 is 0 Å². The molecular weight excluding hydrogens is 230 g/mol. The summed E-state index contributed by atoms with van der Waals surface area (Å²) in [7, 11) is 0. The van der Waals surface area contributed by atoms with E-state index in [0.717, 1.165) is 29.4 Å². The minimum absolute atomic E-state index is 0.180. The van der Waals surface area contributed by atoms with Gasteiger partial charge in [0.25, 0.3) is 0 Å². The van der Waals surface area contributed by atoms with Crippen LogP contribution < -0.4 is 0 Å². The van der Waals surface area contributed by atoms with E-state index in [0.29, 0.717) is 0 Å². The number of hydrogen-bond acceptors (Lipinski definition) is 2.